The fraction of sp³-hybridized carbons (Fsp3) is 0.786. The van der Waals surface area contributed by atoms with Gasteiger partial charge in [0.2, 0.25) is 0 Å². The Balaban J connectivity index is 1.81. The first-order valence-electron chi connectivity index (χ1n) is 7.53. The van der Waals surface area contributed by atoms with Crippen molar-refractivity contribution in [2.75, 3.05) is 6.61 Å². The highest BCUT2D eigenvalue weighted by atomic mass is 16.6. The van der Waals surface area contributed by atoms with Crippen molar-refractivity contribution in [3.63, 3.8) is 0 Å². The van der Waals surface area contributed by atoms with Gasteiger partial charge in [-0.1, -0.05) is 0 Å². The molecule has 2 aliphatic heterocycles. The lowest BCUT2D eigenvalue weighted by Crippen LogP contribution is -2.54. The lowest BCUT2D eigenvalue weighted by molar-refractivity contribution is -0.0427. The molecule has 2 aliphatic rings. The molecule has 0 N–H and O–H groups in total. The third-order valence-electron chi connectivity index (χ3n) is 3.93. The molecule has 2 fully saturated rings. The van der Waals surface area contributed by atoms with Gasteiger partial charge in [0.1, 0.15) is 6.23 Å². The molecule has 3 rings (SSSR count). The number of nitrogens with zero attached hydrogens (tertiary/aromatic N) is 2. The van der Waals surface area contributed by atoms with Crippen LogP contribution >= 0.6 is 0 Å². The molecular weight excluding hydrogens is 255 g/mol. The summed E-state index contributed by atoms with van der Waals surface area (Å²) in [5, 5.41) is 4.42. The van der Waals surface area contributed by atoms with E-state index in [4.69, 9.17) is 14.0 Å². The maximum absolute atomic E-state index is 6.08. The second-order valence-electron chi connectivity index (χ2n) is 6.38. The lowest BCUT2D eigenvalue weighted by Gasteiger charge is -2.38. The van der Waals surface area contributed by atoms with E-state index in [0.29, 0.717) is 0 Å². The molecule has 0 radical (unpaired) electrons. The van der Waals surface area contributed by atoms with Gasteiger partial charge in [-0.3, -0.25) is 0 Å². The number of aromatic nitrogens is 2. The Labute approximate surface area is 120 Å². The molecule has 0 bridgehead atoms. The zero-order valence-electron chi connectivity index (χ0n) is 12.5. The maximum atomic E-state index is 6.08. The summed E-state index contributed by atoms with van der Waals surface area (Å²) in [5.41, 5.74) is 0.779. The van der Waals surface area contributed by atoms with Crippen molar-refractivity contribution in [1.82, 2.24) is 9.78 Å². The maximum Gasteiger partial charge on any atom is 0.513 e. The standard InChI is InChI=1S/C14H23BN2O3/c1-11-10-14(2,3)20-15(19-11)12-7-8-16-17(12)13-6-4-5-9-18-13/h7-8,11,13H,4-6,9-10H2,1-3H3/t11-,13+/m0/s1. The Morgan fingerprint density at radius 3 is 2.95 bits per heavy atom. The van der Waals surface area contributed by atoms with Gasteiger partial charge in [0, 0.05) is 18.9 Å². The van der Waals surface area contributed by atoms with Gasteiger partial charge in [-0.15, -0.1) is 0 Å². The molecule has 0 amide bonds. The molecule has 1 aromatic heterocycles. The van der Waals surface area contributed by atoms with Crippen LogP contribution in [-0.2, 0) is 14.0 Å². The van der Waals surface area contributed by atoms with Crippen LogP contribution in [0.2, 0.25) is 0 Å². The second-order valence-corrected chi connectivity index (χ2v) is 6.38. The van der Waals surface area contributed by atoms with Gasteiger partial charge in [-0.2, -0.15) is 5.10 Å². The van der Waals surface area contributed by atoms with Gasteiger partial charge < -0.3 is 14.0 Å². The van der Waals surface area contributed by atoms with Gasteiger partial charge in [0.05, 0.1) is 11.2 Å². The molecule has 5 nitrogen and oxygen atoms in total. The van der Waals surface area contributed by atoms with E-state index in [1.54, 1.807) is 6.20 Å². The highest BCUT2D eigenvalue weighted by Gasteiger charge is 2.40. The largest absolute Gasteiger partial charge is 0.513 e. The molecule has 1 aromatic rings. The first-order valence-corrected chi connectivity index (χ1v) is 7.53. The number of ether oxygens (including phenoxy) is 1. The second kappa shape index (κ2) is 5.50. The van der Waals surface area contributed by atoms with E-state index in [-0.39, 0.29) is 25.1 Å². The first kappa shape index (κ1) is 14.1. The van der Waals surface area contributed by atoms with Gasteiger partial charge in [0.15, 0.2) is 0 Å². The molecule has 0 aromatic carbocycles. The highest BCUT2D eigenvalue weighted by molar-refractivity contribution is 6.60. The number of hydrogen-bond donors (Lipinski definition) is 0. The summed E-state index contributed by atoms with van der Waals surface area (Å²) in [6.45, 7) is 7.11. The summed E-state index contributed by atoms with van der Waals surface area (Å²) in [4.78, 5) is 0. The van der Waals surface area contributed by atoms with Crippen LogP contribution in [0.1, 0.15) is 52.7 Å². The van der Waals surface area contributed by atoms with E-state index in [2.05, 4.69) is 25.9 Å². The van der Waals surface area contributed by atoms with Crippen molar-refractivity contribution in [2.24, 2.45) is 0 Å². The van der Waals surface area contributed by atoms with Crippen LogP contribution < -0.4 is 5.59 Å². The lowest BCUT2D eigenvalue weighted by atomic mass is 9.79. The predicted octanol–water partition coefficient (Wildman–Crippen LogP) is 1.88. The zero-order chi connectivity index (χ0) is 14.2. The molecule has 2 atom stereocenters. The van der Waals surface area contributed by atoms with E-state index in [0.717, 1.165) is 31.5 Å². The minimum atomic E-state index is -0.359. The molecular formula is C14H23BN2O3. The fourth-order valence-corrected chi connectivity index (χ4v) is 3.12. The highest BCUT2D eigenvalue weighted by Crippen LogP contribution is 2.27. The summed E-state index contributed by atoms with van der Waals surface area (Å²) in [5.74, 6) is 0. The SMILES string of the molecule is C[C@H]1CC(C)(C)OB(c2ccnn2[C@H]2CCCCO2)O1. The Morgan fingerprint density at radius 2 is 2.25 bits per heavy atom. The van der Waals surface area contributed by atoms with Crippen molar-refractivity contribution < 1.29 is 14.0 Å². The summed E-state index contributed by atoms with van der Waals surface area (Å²) in [7, 11) is -0.359. The molecule has 3 heterocycles. The predicted molar refractivity (Wildman–Crippen MR) is 76.8 cm³/mol. The van der Waals surface area contributed by atoms with Gasteiger partial charge in [-0.05, 0) is 52.5 Å². The van der Waals surface area contributed by atoms with Crippen LogP contribution in [0, 0.1) is 0 Å². The summed E-state index contributed by atoms with van der Waals surface area (Å²) in [6, 6.07) is 1.97. The molecule has 2 saturated heterocycles. The van der Waals surface area contributed by atoms with Crippen molar-refractivity contribution in [3.8, 4) is 0 Å². The Kier molecular flexibility index (Phi) is 3.88. The van der Waals surface area contributed by atoms with Crippen LogP contribution in [-0.4, -0.2) is 35.2 Å². The van der Waals surface area contributed by atoms with Crippen LogP contribution in [0.3, 0.4) is 0 Å². The van der Waals surface area contributed by atoms with E-state index in [1.807, 2.05) is 10.7 Å². The normalized spacial score (nSPS) is 30.4. The minimum Gasteiger partial charge on any atom is -0.404 e. The van der Waals surface area contributed by atoms with Gasteiger partial charge in [0.25, 0.3) is 0 Å². The Hall–Kier alpha value is -0.845. The van der Waals surface area contributed by atoms with Crippen LogP contribution in [0.15, 0.2) is 12.3 Å². The Morgan fingerprint density at radius 1 is 1.40 bits per heavy atom. The third kappa shape index (κ3) is 2.92. The smallest absolute Gasteiger partial charge is 0.404 e. The van der Waals surface area contributed by atoms with Gasteiger partial charge in [-0.25, -0.2) is 4.68 Å². The van der Waals surface area contributed by atoms with Crippen molar-refractivity contribution >= 4 is 12.7 Å². The molecule has 20 heavy (non-hydrogen) atoms. The van der Waals surface area contributed by atoms with Crippen LogP contribution in [0.5, 0.6) is 0 Å². The fourth-order valence-electron chi connectivity index (χ4n) is 3.12. The average Bonchev–Trinajstić information content (AvgIpc) is 2.86. The average molecular weight is 278 g/mol. The van der Waals surface area contributed by atoms with Gasteiger partial charge >= 0.3 is 7.12 Å². The third-order valence-corrected chi connectivity index (χ3v) is 3.93. The van der Waals surface area contributed by atoms with Crippen molar-refractivity contribution in [1.29, 1.82) is 0 Å². The first-order chi connectivity index (χ1) is 9.55. The van der Waals surface area contributed by atoms with Crippen molar-refractivity contribution in [2.45, 2.75) is 64.4 Å². The summed E-state index contributed by atoms with van der Waals surface area (Å²) >= 11 is 0. The molecule has 0 aliphatic carbocycles. The molecule has 0 saturated carbocycles. The topological polar surface area (TPSA) is 45.5 Å². The van der Waals surface area contributed by atoms with E-state index in [1.165, 1.54) is 6.42 Å². The van der Waals surface area contributed by atoms with Crippen LogP contribution in [0.25, 0.3) is 0 Å². The zero-order valence-corrected chi connectivity index (χ0v) is 12.5. The van der Waals surface area contributed by atoms with E-state index in [9.17, 15) is 0 Å². The monoisotopic (exact) mass is 278 g/mol. The van der Waals surface area contributed by atoms with Crippen molar-refractivity contribution in [3.05, 3.63) is 12.3 Å². The van der Waals surface area contributed by atoms with E-state index < -0.39 is 0 Å². The van der Waals surface area contributed by atoms with E-state index >= 15 is 0 Å². The Bertz CT molecular complexity index is 457. The molecule has 110 valence electrons. The molecule has 0 spiro atoms. The quantitative estimate of drug-likeness (QED) is 0.775. The molecule has 6 heteroatoms. The number of hydrogen-bond acceptors (Lipinski definition) is 4. The van der Waals surface area contributed by atoms with Crippen LogP contribution in [0.4, 0.5) is 0 Å². The summed E-state index contributed by atoms with van der Waals surface area (Å²) in [6.07, 6.45) is 6.21. The molecule has 0 unspecified atom stereocenters. The number of rotatable bonds is 2. The minimum absolute atomic E-state index is 0.0151. The summed E-state index contributed by atoms with van der Waals surface area (Å²) < 4.78 is 19.8.